The molecule has 0 aliphatic carbocycles. The first-order chi connectivity index (χ1) is 7.80. The van der Waals surface area contributed by atoms with Crippen molar-refractivity contribution in [1.82, 2.24) is 0 Å². The lowest BCUT2D eigenvalue weighted by Crippen LogP contribution is -2.19. The van der Waals surface area contributed by atoms with Gasteiger partial charge in [0.2, 0.25) is 0 Å². The van der Waals surface area contributed by atoms with E-state index in [2.05, 4.69) is 4.40 Å². The first kappa shape index (κ1) is 13.5. The van der Waals surface area contributed by atoms with Gasteiger partial charge in [0.25, 0.3) is 5.69 Å². The number of rotatable bonds is 3. The van der Waals surface area contributed by atoms with E-state index in [4.69, 9.17) is 0 Å². The Hall–Kier alpha value is -1.56. The van der Waals surface area contributed by atoms with Gasteiger partial charge >= 0.3 is 0 Å². The molecule has 0 amide bonds. The number of hydrogen-bond acceptors (Lipinski definition) is 3. The summed E-state index contributed by atoms with van der Waals surface area (Å²) in [4.78, 5) is 9.97. The Balaban J connectivity index is 2.80. The van der Waals surface area contributed by atoms with E-state index in [1.54, 1.807) is 12.1 Å². The van der Waals surface area contributed by atoms with Gasteiger partial charge in [0.1, 0.15) is 11.0 Å². The molecule has 0 spiro atoms. The van der Waals surface area contributed by atoms with Gasteiger partial charge in [0.15, 0.2) is 0 Å². The molecule has 17 heavy (non-hydrogen) atoms. The summed E-state index contributed by atoms with van der Waals surface area (Å²) in [5.74, 6) is 0. The molecular weight excluding hydrogens is 240 g/mol. The van der Waals surface area contributed by atoms with Crippen LogP contribution in [0.25, 0.3) is 0 Å². The lowest BCUT2D eigenvalue weighted by molar-refractivity contribution is -0.384. The van der Waals surface area contributed by atoms with Crippen LogP contribution in [0.2, 0.25) is 0 Å². The summed E-state index contributed by atoms with van der Waals surface area (Å²) in [6.45, 7) is 5.49. The van der Waals surface area contributed by atoms with Crippen molar-refractivity contribution in [2.45, 2.75) is 25.5 Å². The van der Waals surface area contributed by atoms with Crippen molar-refractivity contribution in [2.24, 2.45) is 4.40 Å². The van der Waals surface area contributed by atoms with Crippen LogP contribution in [-0.4, -0.2) is 20.1 Å². The highest BCUT2D eigenvalue weighted by atomic mass is 32.2. The molecule has 1 aromatic carbocycles. The normalized spacial score (nSPS) is 13.8. The number of hydrogen-bond donors (Lipinski definition) is 0. The Morgan fingerprint density at radius 2 is 1.82 bits per heavy atom. The number of non-ortho nitro benzene ring substituents is 1. The minimum absolute atomic E-state index is 0.0269. The van der Waals surface area contributed by atoms with Crippen LogP contribution < -0.4 is 0 Å². The van der Waals surface area contributed by atoms with Crippen LogP contribution in [0.3, 0.4) is 0 Å². The summed E-state index contributed by atoms with van der Waals surface area (Å²) in [6, 6.07) is 5.92. The highest BCUT2D eigenvalue weighted by Gasteiger charge is 2.18. The van der Waals surface area contributed by atoms with E-state index in [1.165, 1.54) is 18.3 Å². The van der Waals surface area contributed by atoms with Gasteiger partial charge in [-0.15, -0.1) is 0 Å². The molecule has 1 atom stereocenters. The fourth-order valence-corrected chi connectivity index (χ4v) is 1.48. The first-order valence-corrected chi connectivity index (χ1v) is 6.12. The second-order valence-corrected chi connectivity index (χ2v) is 6.38. The standard InChI is InChI=1S/C11H14N2O3S/c1-11(2,3)17(16)12-8-9-4-6-10(7-5-9)13(14)15/h4-8H,1-3H3/b12-8+. The van der Waals surface area contributed by atoms with E-state index < -0.39 is 20.7 Å². The Morgan fingerprint density at radius 3 is 2.24 bits per heavy atom. The molecule has 0 saturated heterocycles. The third-order valence-corrected chi connectivity index (χ3v) is 3.27. The van der Waals surface area contributed by atoms with E-state index >= 15 is 0 Å². The van der Waals surface area contributed by atoms with Crippen LogP contribution >= 0.6 is 0 Å². The number of benzene rings is 1. The molecular formula is C11H14N2O3S. The summed E-state index contributed by atoms with van der Waals surface area (Å²) >= 11 is 0. The molecule has 0 fully saturated rings. The van der Waals surface area contributed by atoms with Crippen LogP contribution in [0.4, 0.5) is 5.69 Å². The molecule has 92 valence electrons. The molecule has 0 radical (unpaired) electrons. The minimum Gasteiger partial charge on any atom is -0.258 e. The molecule has 5 nitrogen and oxygen atoms in total. The van der Waals surface area contributed by atoms with Crippen molar-refractivity contribution in [3.63, 3.8) is 0 Å². The highest BCUT2D eigenvalue weighted by Crippen LogP contribution is 2.13. The Bertz CT molecular complexity index is 461. The minimum atomic E-state index is -1.32. The van der Waals surface area contributed by atoms with Gasteiger partial charge in [-0.05, 0) is 38.5 Å². The second kappa shape index (κ2) is 5.18. The zero-order valence-corrected chi connectivity index (χ0v) is 10.7. The molecule has 0 aliphatic rings. The first-order valence-electron chi connectivity index (χ1n) is 5.01. The number of nitro benzene ring substituents is 1. The number of nitrogens with zero attached hydrogens (tertiary/aromatic N) is 2. The maximum absolute atomic E-state index is 11.6. The van der Waals surface area contributed by atoms with Crippen LogP contribution in [0.1, 0.15) is 26.3 Å². The SMILES string of the molecule is CC(C)(C)S(=O)/N=C/c1ccc([N+](=O)[O-])cc1. The molecule has 1 aromatic rings. The molecule has 0 heterocycles. The molecule has 1 unspecified atom stereocenters. The van der Waals surface area contributed by atoms with Crippen LogP contribution in [0, 0.1) is 10.1 Å². The van der Waals surface area contributed by atoms with Crippen molar-refractivity contribution in [3.8, 4) is 0 Å². The summed E-state index contributed by atoms with van der Waals surface area (Å²) in [6.07, 6.45) is 1.46. The quantitative estimate of drug-likeness (QED) is 0.472. The number of nitro groups is 1. The van der Waals surface area contributed by atoms with Crippen molar-refractivity contribution in [2.75, 3.05) is 0 Å². The van der Waals surface area contributed by atoms with Gasteiger partial charge in [-0.1, -0.05) is 0 Å². The fraction of sp³-hybridized carbons (Fsp3) is 0.364. The van der Waals surface area contributed by atoms with Gasteiger partial charge < -0.3 is 0 Å². The van der Waals surface area contributed by atoms with Crippen LogP contribution in [0.5, 0.6) is 0 Å². The van der Waals surface area contributed by atoms with Crippen LogP contribution in [0.15, 0.2) is 28.7 Å². The predicted molar refractivity (Wildman–Crippen MR) is 68.6 cm³/mol. The summed E-state index contributed by atoms with van der Waals surface area (Å²) in [7, 11) is -1.32. The van der Waals surface area contributed by atoms with Gasteiger partial charge in [-0.3, -0.25) is 10.1 Å². The van der Waals surface area contributed by atoms with Gasteiger partial charge in [0, 0.05) is 18.3 Å². The fourth-order valence-electron chi connectivity index (χ4n) is 0.949. The molecule has 0 aliphatic heterocycles. The molecule has 0 saturated carbocycles. The highest BCUT2D eigenvalue weighted by molar-refractivity contribution is 7.85. The third-order valence-electron chi connectivity index (χ3n) is 1.93. The zero-order valence-electron chi connectivity index (χ0n) is 9.91. The third kappa shape index (κ3) is 4.07. The molecule has 6 heteroatoms. The summed E-state index contributed by atoms with van der Waals surface area (Å²) < 4.78 is 15.1. The Kier molecular flexibility index (Phi) is 4.11. The maximum atomic E-state index is 11.6. The van der Waals surface area contributed by atoms with Gasteiger partial charge in [-0.2, -0.15) is 4.40 Å². The molecule has 0 bridgehead atoms. The van der Waals surface area contributed by atoms with E-state index in [0.717, 1.165) is 0 Å². The van der Waals surface area contributed by atoms with E-state index in [0.29, 0.717) is 5.56 Å². The summed E-state index contributed by atoms with van der Waals surface area (Å²) in [5.41, 5.74) is 0.715. The van der Waals surface area contributed by atoms with Crippen molar-refractivity contribution in [1.29, 1.82) is 0 Å². The van der Waals surface area contributed by atoms with Crippen molar-refractivity contribution < 1.29 is 9.13 Å². The Labute approximate surface area is 102 Å². The lowest BCUT2D eigenvalue weighted by atomic mass is 10.2. The summed E-state index contributed by atoms with van der Waals surface area (Å²) in [5, 5.41) is 10.4. The van der Waals surface area contributed by atoms with E-state index in [9.17, 15) is 14.3 Å². The average Bonchev–Trinajstić information content (AvgIpc) is 2.25. The molecule has 0 aromatic heterocycles. The maximum Gasteiger partial charge on any atom is 0.269 e. The smallest absolute Gasteiger partial charge is 0.258 e. The monoisotopic (exact) mass is 254 g/mol. The second-order valence-electron chi connectivity index (χ2n) is 4.44. The zero-order chi connectivity index (χ0) is 13.1. The van der Waals surface area contributed by atoms with Crippen LogP contribution in [-0.2, 0) is 11.0 Å². The van der Waals surface area contributed by atoms with E-state index in [-0.39, 0.29) is 5.69 Å². The Morgan fingerprint density at radius 1 is 1.29 bits per heavy atom. The van der Waals surface area contributed by atoms with Crippen molar-refractivity contribution in [3.05, 3.63) is 39.9 Å². The van der Waals surface area contributed by atoms with E-state index in [1.807, 2.05) is 20.8 Å². The van der Waals surface area contributed by atoms with Gasteiger partial charge in [0.05, 0.1) is 9.67 Å². The average molecular weight is 254 g/mol. The van der Waals surface area contributed by atoms with Crippen molar-refractivity contribution >= 4 is 22.9 Å². The lowest BCUT2D eigenvalue weighted by Gasteiger charge is -2.12. The molecule has 0 N–H and O–H groups in total. The topological polar surface area (TPSA) is 72.6 Å². The largest absolute Gasteiger partial charge is 0.269 e. The predicted octanol–water partition coefficient (Wildman–Crippen LogP) is 2.48. The molecule has 1 rings (SSSR count). The van der Waals surface area contributed by atoms with Gasteiger partial charge in [-0.25, -0.2) is 4.21 Å².